The Morgan fingerprint density at radius 3 is 1.61 bits per heavy atom. The molecule has 0 amide bonds. The van der Waals surface area contributed by atoms with Crippen LogP contribution < -0.4 is 9.80 Å². The van der Waals surface area contributed by atoms with E-state index in [4.69, 9.17) is 9.97 Å². The standard InChI is InChI=1S/C66H45N5/c1-4-20-47(21-5-1)65-59-33-12-14-34-61(59)67-66(68-65)50-24-16-23-48(43-50)49-37-42-64-60(44-49)58-32-13-15-35-63(58)71(64)56-30-18-29-55(45-56)70(62-36-17-22-46-19-10-11-31-57(46)62)54-40-38-53(39-41-54)69(51-25-6-2-7-26-51)52-27-8-3-9-28-52/h1-45H. The second kappa shape index (κ2) is 17.8. The van der Waals surface area contributed by atoms with E-state index >= 15 is 0 Å². The van der Waals surface area contributed by atoms with Crippen LogP contribution in [0.4, 0.5) is 34.1 Å². The van der Waals surface area contributed by atoms with Crippen molar-refractivity contribution in [3.05, 3.63) is 273 Å². The van der Waals surface area contributed by atoms with Gasteiger partial charge in [-0.15, -0.1) is 0 Å². The summed E-state index contributed by atoms with van der Waals surface area (Å²) in [6.45, 7) is 0. The summed E-state index contributed by atoms with van der Waals surface area (Å²) in [5.41, 5.74) is 16.0. The average Bonchev–Trinajstić information content (AvgIpc) is 3.78. The molecule has 334 valence electrons. The number of para-hydroxylation sites is 4. The van der Waals surface area contributed by atoms with Gasteiger partial charge in [-0.05, 0) is 120 Å². The monoisotopic (exact) mass is 907 g/mol. The maximum atomic E-state index is 5.19. The Morgan fingerprint density at radius 2 is 0.831 bits per heavy atom. The lowest BCUT2D eigenvalue weighted by atomic mass is 10.00. The largest absolute Gasteiger partial charge is 0.311 e. The quantitative estimate of drug-likeness (QED) is 0.137. The lowest BCUT2D eigenvalue weighted by molar-refractivity contribution is 1.17. The van der Waals surface area contributed by atoms with Gasteiger partial charge in [-0.1, -0.05) is 170 Å². The Bertz CT molecular complexity index is 4010. The fourth-order valence-electron chi connectivity index (χ4n) is 10.2. The van der Waals surface area contributed by atoms with Crippen molar-refractivity contribution in [1.82, 2.24) is 14.5 Å². The molecule has 71 heavy (non-hydrogen) atoms. The molecule has 0 spiro atoms. The molecule has 5 heteroatoms. The molecule has 0 radical (unpaired) electrons. The SMILES string of the molecule is c1ccc(-c2nc(-c3cccc(-c4ccc5c(c4)c4ccccc4n5-c4cccc(N(c5ccc(N(c6ccccc6)c6ccccc6)cc5)c5cccc6ccccc56)c4)c3)nc3ccccc23)cc1. The summed E-state index contributed by atoms with van der Waals surface area (Å²) in [6, 6.07) is 97.1. The fraction of sp³-hybridized carbons (Fsp3) is 0. The van der Waals surface area contributed by atoms with Crippen LogP contribution in [0.5, 0.6) is 0 Å². The third-order valence-electron chi connectivity index (χ3n) is 13.5. The fourth-order valence-corrected chi connectivity index (χ4v) is 10.2. The van der Waals surface area contributed by atoms with Crippen LogP contribution in [0.1, 0.15) is 0 Å². The molecule has 0 aliphatic heterocycles. The van der Waals surface area contributed by atoms with E-state index in [-0.39, 0.29) is 0 Å². The molecule has 13 aromatic rings. The number of fused-ring (bicyclic) bond motifs is 5. The van der Waals surface area contributed by atoms with Gasteiger partial charge in [0.05, 0.1) is 27.9 Å². The molecule has 0 aliphatic carbocycles. The second-order valence-corrected chi connectivity index (χ2v) is 17.8. The lowest BCUT2D eigenvalue weighted by Gasteiger charge is -2.29. The molecule has 2 aromatic heterocycles. The van der Waals surface area contributed by atoms with E-state index in [0.717, 1.165) is 89.7 Å². The van der Waals surface area contributed by atoms with Gasteiger partial charge in [0.2, 0.25) is 0 Å². The summed E-state index contributed by atoms with van der Waals surface area (Å²) in [5, 5.41) is 5.78. The van der Waals surface area contributed by atoms with E-state index in [1.807, 2.05) is 12.1 Å². The Labute approximate surface area is 412 Å². The van der Waals surface area contributed by atoms with Crippen molar-refractivity contribution in [2.45, 2.75) is 0 Å². The summed E-state index contributed by atoms with van der Waals surface area (Å²) in [5.74, 6) is 0.705. The first-order valence-electron chi connectivity index (χ1n) is 24.1. The smallest absolute Gasteiger partial charge is 0.160 e. The number of rotatable bonds is 10. The molecule has 0 saturated carbocycles. The highest BCUT2D eigenvalue weighted by atomic mass is 15.2. The van der Waals surface area contributed by atoms with Gasteiger partial charge in [-0.2, -0.15) is 0 Å². The molecular formula is C66H45N5. The normalized spacial score (nSPS) is 11.4. The molecule has 0 bridgehead atoms. The van der Waals surface area contributed by atoms with Crippen molar-refractivity contribution in [2.75, 3.05) is 9.80 Å². The predicted octanol–water partition coefficient (Wildman–Crippen LogP) is 17.8. The molecule has 11 aromatic carbocycles. The minimum absolute atomic E-state index is 0.705. The molecule has 13 rings (SSSR count). The zero-order chi connectivity index (χ0) is 47.1. The van der Waals surface area contributed by atoms with E-state index in [1.54, 1.807) is 0 Å². The zero-order valence-corrected chi connectivity index (χ0v) is 38.7. The van der Waals surface area contributed by atoms with E-state index in [1.165, 1.54) is 21.5 Å². The van der Waals surface area contributed by atoms with E-state index < -0.39 is 0 Å². The number of nitrogens with zero attached hydrogens (tertiary/aromatic N) is 5. The maximum absolute atomic E-state index is 5.19. The molecule has 0 aliphatic rings. The number of aromatic nitrogens is 3. The number of hydrogen-bond acceptors (Lipinski definition) is 4. The van der Waals surface area contributed by atoms with Crippen LogP contribution in [0.15, 0.2) is 273 Å². The molecule has 0 unspecified atom stereocenters. The number of hydrogen-bond donors (Lipinski definition) is 0. The Balaban J connectivity index is 0.913. The van der Waals surface area contributed by atoms with Crippen LogP contribution >= 0.6 is 0 Å². The van der Waals surface area contributed by atoms with Crippen molar-refractivity contribution in [3.8, 4) is 39.5 Å². The van der Waals surface area contributed by atoms with Crippen LogP contribution in [0.2, 0.25) is 0 Å². The first kappa shape index (κ1) is 41.6. The van der Waals surface area contributed by atoms with Crippen molar-refractivity contribution in [3.63, 3.8) is 0 Å². The van der Waals surface area contributed by atoms with E-state index in [2.05, 4.69) is 275 Å². The Morgan fingerprint density at radius 1 is 0.296 bits per heavy atom. The van der Waals surface area contributed by atoms with Crippen LogP contribution in [0.25, 0.3) is 82.9 Å². The van der Waals surface area contributed by atoms with Crippen LogP contribution in [0, 0.1) is 0 Å². The van der Waals surface area contributed by atoms with Gasteiger partial charge in [0.1, 0.15) is 0 Å². The van der Waals surface area contributed by atoms with Gasteiger partial charge in [-0.3, -0.25) is 0 Å². The summed E-state index contributed by atoms with van der Waals surface area (Å²) >= 11 is 0. The topological polar surface area (TPSA) is 37.2 Å². The van der Waals surface area contributed by atoms with Gasteiger partial charge in [0.25, 0.3) is 0 Å². The molecule has 2 heterocycles. The molecule has 0 N–H and O–H groups in total. The minimum atomic E-state index is 0.705. The highest BCUT2D eigenvalue weighted by Crippen LogP contribution is 2.43. The summed E-state index contributed by atoms with van der Waals surface area (Å²) in [7, 11) is 0. The molecule has 0 fully saturated rings. The Hall–Kier alpha value is -9.58. The molecule has 5 nitrogen and oxygen atoms in total. The molecular weight excluding hydrogens is 863 g/mol. The van der Waals surface area contributed by atoms with Crippen molar-refractivity contribution < 1.29 is 0 Å². The second-order valence-electron chi connectivity index (χ2n) is 17.8. The third-order valence-corrected chi connectivity index (χ3v) is 13.5. The van der Waals surface area contributed by atoms with Crippen LogP contribution in [-0.4, -0.2) is 14.5 Å². The van der Waals surface area contributed by atoms with Crippen LogP contribution in [-0.2, 0) is 0 Å². The maximum Gasteiger partial charge on any atom is 0.160 e. The number of benzene rings is 11. The molecule has 0 saturated heterocycles. The van der Waals surface area contributed by atoms with Gasteiger partial charge in [-0.25, -0.2) is 9.97 Å². The van der Waals surface area contributed by atoms with Gasteiger partial charge >= 0.3 is 0 Å². The molecule has 0 atom stereocenters. The van der Waals surface area contributed by atoms with Gasteiger partial charge in [0, 0.05) is 66.8 Å². The van der Waals surface area contributed by atoms with Crippen molar-refractivity contribution >= 4 is 77.6 Å². The van der Waals surface area contributed by atoms with E-state index in [0.29, 0.717) is 5.82 Å². The summed E-state index contributed by atoms with van der Waals surface area (Å²) < 4.78 is 2.41. The van der Waals surface area contributed by atoms with Gasteiger partial charge < -0.3 is 14.4 Å². The highest BCUT2D eigenvalue weighted by Gasteiger charge is 2.20. The Kier molecular flexibility index (Phi) is 10.4. The van der Waals surface area contributed by atoms with Gasteiger partial charge in [0.15, 0.2) is 5.82 Å². The van der Waals surface area contributed by atoms with Crippen LogP contribution in [0.3, 0.4) is 0 Å². The van der Waals surface area contributed by atoms with Crippen molar-refractivity contribution in [1.29, 1.82) is 0 Å². The summed E-state index contributed by atoms with van der Waals surface area (Å²) in [4.78, 5) is 15.0. The highest BCUT2D eigenvalue weighted by molar-refractivity contribution is 6.11. The number of anilines is 6. The lowest BCUT2D eigenvalue weighted by Crippen LogP contribution is -2.12. The summed E-state index contributed by atoms with van der Waals surface area (Å²) in [6.07, 6.45) is 0. The first-order valence-corrected chi connectivity index (χ1v) is 24.1. The zero-order valence-electron chi connectivity index (χ0n) is 38.7. The predicted molar refractivity (Wildman–Crippen MR) is 297 cm³/mol. The van der Waals surface area contributed by atoms with E-state index in [9.17, 15) is 0 Å². The average molecular weight is 908 g/mol. The first-order chi connectivity index (χ1) is 35.2. The third kappa shape index (κ3) is 7.63. The minimum Gasteiger partial charge on any atom is -0.311 e. The van der Waals surface area contributed by atoms with Crippen molar-refractivity contribution in [2.24, 2.45) is 0 Å².